The third kappa shape index (κ3) is 4.34. The van der Waals surface area contributed by atoms with Crippen LogP contribution in [-0.2, 0) is 0 Å². The van der Waals surface area contributed by atoms with Gasteiger partial charge in [0, 0.05) is 43.4 Å². The summed E-state index contributed by atoms with van der Waals surface area (Å²) in [7, 11) is 0. The molecule has 0 aliphatic carbocycles. The molecular weight excluding hydrogens is 340 g/mol. The van der Waals surface area contributed by atoms with Crippen LogP contribution in [0, 0.1) is 17.4 Å². The molecule has 2 fully saturated rings. The maximum absolute atomic E-state index is 12.4. The average Bonchev–Trinajstić information content (AvgIpc) is 3.11. The first-order valence-electron chi connectivity index (χ1n) is 9.11. The number of likely N-dealkylation sites (tertiary alicyclic amines) is 2. The third-order valence-electron chi connectivity index (χ3n) is 4.96. The first-order chi connectivity index (χ1) is 13.1. The van der Waals surface area contributed by atoms with Crippen molar-refractivity contribution >= 4 is 18.6 Å². The standard InChI is InChI=1S/C20H24N6O/c1-3-18(24-19(22-2)15-7-5-4-6-8-15)16-11-26(12-16)20(27)23-17-9-10-25(13-17)14-21/h3-8,16-17H,2,9-13H2,1H3,(H,23,27)/b18-3-,24-19?/t17-/m1/s1. The van der Waals surface area contributed by atoms with Crippen molar-refractivity contribution in [3.63, 3.8) is 0 Å². The Labute approximate surface area is 159 Å². The number of carbonyl (C=O) groups is 1. The Morgan fingerprint density at radius 3 is 2.67 bits per heavy atom. The van der Waals surface area contributed by atoms with Crippen LogP contribution >= 0.6 is 0 Å². The first-order valence-corrected chi connectivity index (χ1v) is 9.11. The smallest absolute Gasteiger partial charge is 0.317 e. The number of carbonyl (C=O) groups excluding carboxylic acids is 1. The monoisotopic (exact) mass is 364 g/mol. The molecule has 2 aliphatic rings. The predicted molar refractivity (Wildman–Crippen MR) is 105 cm³/mol. The molecule has 27 heavy (non-hydrogen) atoms. The van der Waals surface area contributed by atoms with Gasteiger partial charge in [0.15, 0.2) is 12.0 Å². The Kier molecular flexibility index (Phi) is 5.87. The van der Waals surface area contributed by atoms with E-state index in [0.717, 1.165) is 17.7 Å². The van der Waals surface area contributed by atoms with Crippen molar-refractivity contribution in [2.75, 3.05) is 26.2 Å². The number of urea groups is 1. The highest BCUT2D eigenvalue weighted by atomic mass is 16.2. The summed E-state index contributed by atoms with van der Waals surface area (Å²) in [6, 6.07) is 9.71. The molecule has 0 aromatic heterocycles. The number of nitrogens with zero attached hydrogens (tertiary/aromatic N) is 5. The van der Waals surface area contributed by atoms with E-state index in [1.165, 1.54) is 0 Å². The molecule has 3 rings (SSSR count). The van der Waals surface area contributed by atoms with Crippen LogP contribution in [-0.4, -0.2) is 60.6 Å². The molecule has 7 nitrogen and oxygen atoms in total. The zero-order chi connectivity index (χ0) is 19.2. The van der Waals surface area contributed by atoms with Gasteiger partial charge in [-0.15, -0.1) is 0 Å². The first kappa shape index (κ1) is 18.6. The molecule has 2 saturated heterocycles. The number of allylic oxidation sites excluding steroid dienone is 1. The lowest BCUT2D eigenvalue weighted by Crippen LogP contribution is -2.56. The SMILES string of the molecule is C=NC(=N/C(=C\C)C1CN(C(=O)N[C@@H]2CCN(C#N)C2)C1)c1ccccc1. The van der Waals surface area contributed by atoms with Crippen LogP contribution in [0.4, 0.5) is 4.79 Å². The lowest BCUT2D eigenvalue weighted by Gasteiger charge is -2.39. The number of benzene rings is 1. The number of amidine groups is 1. The minimum absolute atomic E-state index is 0.0463. The van der Waals surface area contributed by atoms with E-state index < -0.39 is 0 Å². The highest BCUT2D eigenvalue weighted by Crippen LogP contribution is 2.25. The summed E-state index contributed by atoms with van der Waals surface area (Å²) in [6.07, 6.45) is 4.90. The predicted octanol–water partition coefficient (Wildman–Crippen LogP) is 2.23. The maximum Gasteiger partial charge on any atom is 0.317 e. The van der Waals surface area contributed by atoms with E-state index in [4.69, 9.17) is 5.26 Å². The van der Waals surface area contributed by atoms with Crippen molar-refractivity contribution in [1.82, 2.24) is 15.1 Å². The Balaban J connectivity index is 1.56. The molecule has 0 bridgehead atoms. The molecule has 140 valence electrons. The Bertz CT molecular complexity index is 788. The molecular formula is C20H24N6O. The van der Waals surface area contributed by atoms with Gasteiger partial charge in [0.1, 0.15) is 0 Å². The minimum Gasteiger partial charge on any atom is -0.333 e. The van der Waals surface area contributed by atoms with Gasteiger partial charge in [-0.2, -0.15) is 5.26 Å². The van der Waals surface area contributed by atoms with Crippen molar-refractivity contribution in [2.45, 2.75) is 19.4 Å². The maximum atomic E-state index is 12.4. The molecule has 2 amide bonds. The van der Waals surface area contributed by atoms with Gasteiger partial charge in [0.2, 0.25) is 0 Å². The molecule has 2 aliphatic heterocycles. The second kappa shape index (κ2) is 8.49. The lowest BCUT2D eigenvalue weighted by atomic mass is 9.96. The summed E-state index contributed by atoms with van der Waals surface area (Å²) in [5, 5.41) is 11.9. The Morgan fingerprint density at radius 1 is 1.33 bits per heavy atom. The van der Waals surface area contributed by atoms with Crippen LogP contribution in [0.25, 0.3) is 0 Å². The Morgan fingerprint density at radius 2 is 2.07 bits per heavy atom. The summed E-state index contributed by atoms with van der Waals surface area (Å²) in [5.74, 6) is 0.787. The molecule has 0 saturated carbocycles. The number of rotatable bonds is 4. The van der Waals surface area contributed by atoms with E-state index in [0.29, 0.717) is 32.0 Å². The lowest BCUT2D eigenvalue weighted by molar-refractivity contribution is 0.133. The van der Waals surface area contributed by atoms with Crippen molar-refractivity contribution in [3.05, 3.63) is 47.7 Å². The quantitative estimate of drug-likeness (QED) is 0.505. The van der Waals surface area contributed by atoms with Crippen LogP contribution in [0.15, 0.2) is 52.1 Å². The molecule has 7 heteroatoms. The van der Waals surface area contributed by atoms with E-state index in [1.807, 2.05) is 43.3 Å². The van der Waals surface area contributed by atoms with E-state index in [2.05, 4.69) is 28.2 Å². The molecule has 0 spiro atoms. The molecule has 1 aromatic carbocycles. The Hall–Kier alpha value is -3.14. The number of amides is 2. The van der Waals surface area contributed by atoms with Crippen LogP contribution in [0.5, 0.6) is 0 Å². The molecule has 1 aromatic rings. The molecule has 2 heterocycles. The topological polar surface area (TPSA) is 84.1 Å². The van der Waals surface area contributed by atoms with Gasteiger partial charge in [-0.3, -0.25) is 0 Å². The number of nitrogens with one attached hydrogen (secondary N) is 1. The average molecular weight is 364 g/mol. The molecule has 0 radical (unpaired) electrons. The summed E-state index contributed by atoms with van der Waals surface area (Å²) in [6.45, 7) is 8.13. The third-order valence-corrected chi connectivity index (χ3v) is 4.96. The summed E-state index contributed by atoms with van der Waals surface area (Å²) < 4.78 is 0. The van der Waals surface area contributed by atoms with Crippen molar-refractivity contribution in [2.24, 2.45) is 15.9 Å². The fraction of sp³-hybridized carbons (Fsp3) is 0.400. The van der Waals surface area contributed by atoms with E-state index in [-0.39, 0.29) is 18.0 Å². The van der Waals surface area contributed by atoms with Gasteiger partial charge in [0.25, 0.3) is 0 Å². The van der Waals surface area contributed by atoms with Gasteiger partial charge in [0.05, 0.1) is 6.04 Å². The highest BCUT2D eigenvalue weighted by molar-refractivity contribution is 6.01. The fourth-order valence-corrected chi connectivity index (χ4v) is 3.36. The summed E-state index contributed by atoms with van der Waals surface area (Å²) >= 11 is 0. The van der Waals surface area contributed by atoms with Crippen LogP contribution in [0.1, 0.15) is 18.9 Å². The zero-order valence-corrected chi connectivity index (χ0v) is 15.5. The van der Waals surface area contributed by atoms with Crippen molar-refractivity contribution in [3.8, 4) is 6.19 Å². The van der Waals surface area contributed by atoms with Crippen LogP contribution in [0.3, 0.4) is 0 Å². The minimum atomic E-state index is -0.0689. The molecule has 1 atom stereocenters. The van der Waals surface area contributed by atoms with Crippen LogP contribution < -0.4 is 5.32 Å². The van der Waals surface area contributed by atoms with E-state index in [1.54, 1.807) is 9.80 Å². The summed E-state index contributed by atoms with van der Waals surface area (Å²) in [5.41, 5.74) is 1.84. The number of aliphatic imine (C=N–C) groups is 2. The second-order valence-electron chi connectivity index (χ2n) is 6.76. The summed E-state index contributed by atoms with van der Waals surface area (Å²) in [4.78, 5) is 24.5. The normalized spacial score (nSPS) is 20.8. The van der Waals surface area contributed by atoms with Crippen molar-refractivity contribution in [1.29, 1.82) is 5.26 Å². The van der Waals surface area contributed by atoms with E-state index in [9.17, 15) is 4.79 Å². The second-order valence-corrected chi connectivity index (χ2v) is 6.76. The number of hydrogen-bond donors (Lipinski definition) is 1. The number of nitriles is 1. The van der Waals surface area contributed by atoms with Gasteiger partial charge in [-0.25, -0.2) is 14.8 Å². The van der Waals surface area contributed by atoms with E-state index >= 15 is 0 Å². The van der Waals surface area contributed by atoms with Gasteiger partial charge >= 0.3 is 6.03 Å². The van der Waals surface area contributed by atoms with Crippen LogP contribution in [0.2, 0.25) is 0 Å². The van der Waals surface area contributed by atoms with Crippen molar-refractivity contribution < 1.29 is 4.79 Å². The van der Waals surface area contributed by atoms with Gasteiger partial charge in [-0.05, 0) is 20.1 Å². The highest BCUT2D eigenvalue weighted by Gasteiger charge is 2.34. The molecule has 1 N–H and O–H groups in total. The number of hydrogen-bond acceptors (Lipinski definition) is 4. The van der Waals surface area contributed by atoms with Gasteiger partial charge in [-0.1, -0.05) is 36.4 Å². The largest absolute Gasteiger partial charge is 0.333 e. The van der Waals surface area contributed by atoms with Gasteiger partial charge < -0.3 is 15.1 Å². The molecule has 0 unspecified atom stereocenters. The fourth-order valence-electron chi connectivity index (χ4n) is 3.36. The zero-order valence-electron chi connectivity index (χ0n) is 15.5.